The van der Waals surface area contributed by atoms with Gasteiger partial charge in [0.15, 0.2) is 9.84 Å². The Morgan fingerprint density at radius 1 is 1.39 bits per heavy atom. The van der Waals surface area contributed by atoms with Gasteiger partial charge >= 0.3 is 0 Å². The van der Waals surface area contributed by atoms with Crippen LogP contribution < -0.4 is 10.9 Å². The molecule has 1 aromatic heterocycles. The average Bonchev–Trinajstić information content (AvgIpc) is 2.59. The van der Waals surface area contributed by atoms with Crippen LogP contribution in [0.4, 0.5) is 0 Å². The van der Waals surface area contributed by atoms with E-state index in [9.17, 15) is 23.4 Å². The minimum absolute atomic E-state index is 0. The normalized spacial score (nSPS) is 21.3. The molecule has 2 aromatic rings. The molecule has 8 nitrogen and oxygen atoms in total. The standard InChI is InChI=1S/C18H25N3O5S.ClH/c1-11-6-13(27(2,25)26)8-14-17(11)20-10-21(18(14)24)9-12(22)7-15-16(23)4-3-5-19-15;/h6,8,10,12,15-16,19,22-23H,3-5,7,9H2,1-2H3;1H/t12-,15+,16-;/m0./s1. The van der Waals surface area contributed by atoms with E-state index in [0.717, 1.165) is 19.2 Å². The molecule has 1 fully saturated rings. The van der Waals surface area contributed by atoms with Gasteiger partial charge in [0, 0.05) is 12.3 Å². The third kappa shape index (κ3) is 4.90. The Kier molecular flexibility index (Phi) is 7.22. The summed E-state index contributed by atoms with van der Waals surface area (Å²) in [5, 5.41) is 23.8. The van der Waals surface area contributed by atoms with Gasteiger partial charge in [0.05, 0.1) is 40.9 Å². The summed E-state index contributed by atoms with van der Waals surface area (Å²) in [5.74, 6) is 0. The van der Waals surface area contributed by atoms with Gasteiger partial charge in [0.1, 0.15) is 0 Å². The number of halogens is 1. The Morgan fingerprint density at radius 2 is 2.11 bits per heavy atom. The van der Waals surface area contributed by atoms with Crippen LogP contribution in [0, 0.1) is 6.92 Å². The maximum absolute atomic E-state index is 12.8. The molecule has 1 aliphatic heterocycles. The van der Waals surface area contributed by atoms with Crippen molar-refractivity contribution in [1.29, 1.82) is 0 Å². The third-order valence-electron chi connectivity index (χ3n) is 5.00. The molecule has 1 aromatic carbocycles. The number of aryl methyl sites for hydroxylation is 1. The van der Waals surface area contributed by atoms with Gasteiger partial charge in [-0.05, 0) is 50.4 Å². The number of hydrogen-bond acceptors (Lipinski definition) is 7. The van der Waals surface area contributed by atoms with Crippen LogP contribution in [0.25, 0.3) is 10.9 Å². The molecule has 3 rings (SSSR count). The first-order valence-corrected chi connectivity index (χ1v) is 10.9. The van der Waals surface area contributed by atoms with Gasteiger partial charge < -0.3 is 15.5 Å². The largest absolute Gasteiger partial charge is 0.392 e. The van der Waals surface area contributed by atoms with Crippen molar-refractivity contribution >= 4 is 33.1 Å². The molecule has 0 aliphatic carbocycles. The fourth-order valence-corrected chi connectivity index (χ4v) is 4.25. The Labute approximate surface area is 169 Å². The van der Waals surface area contributed by atoms with E-state index in [1.165, 1.54) is 23.0 Å². The van der Waals surface area contributed by atoms with E-state index in [-0.39, 0.29) is 35.3 Å². The molecule has 0 saturated carbocycles. The van der Waals surface area contributed by atoms with Gasteiger partial charge in [-0.3, -0.25) is 9.36 Å². The highest BCUT2D eigenvalue weighted by atomic mass is 35.5. The van der Waals surface area contributed by atoms with E-state index in [1.54, 1.807) is 6.92 Å². The lowest BCUT2D eigenvalue weighted by atomic mass is 9.96. The lowest BCUT2D eigenvalue weighted by Crippen LogP contribution is -2.47. The molecule has 0 bridgehead atoms. The number of hydrogen-bond donors (Lipinski definition) is 3. The molecule has 0 radical (unpaired) electrons. The van der Waals surface area contributed by atoms with Crippen molar-refractivity contribution < 1.29 is 18.6 Å². The van der Waals surface area contributed by atoms with E-state index < -0.39 is 27.6 Å². The number of fused-ring (bicyclic) bond motifs is 1. The zero-order valence-corrected chi connectivity index (χ0v) is 17.5. The van der Waals surface area contributed by atoms with Gasteiger partial charge in [0.25, 0.3) is 5.56 Å². The molecule has 1 aliphatic rings. The van der Waals surface area contributed by atoms with E-state index in [4.69, 9.17) is 0 Å². The van der Waals surface area contributed by atoms with Crippen molar-refractivity contribution in [1.82, 2.24) is 14.9 Å². The topological polar surface area (TPSA) is 122 Å². The summed E-state index contributed by atoms with van der Waals surface area (Å²) < 4.78 is 25.0. The number of nitrogens with one attached hydrogen (secondary N) is 1. The molecule has 10 heteroatoms. The first-order chi connectivity index (χ1) is 12.7. The molecular formula is C18H26ClN3O5S. The number of piperidine rings is 1. The summed E-state index contributed by atoms with van der Waals surface area (Å²) in [6, 6.07) is 2.62. The lowest BCUT2D eigenvalue weighted by Gasteiger charge is -2.30. The van der Waals surface area contributed by atoms with Crippen LogP contribution in [0.1, 0.15) is 24.8 Å². The van der Waals surface area contributed by atoms with E-state index in [2.05, 4.69) is 10.3 Å². The number of aromatic nitrogens is 2. The number of aliphatic hydroxyl groups is 2. The highest BCUT2D eigenvalue weighted by molar-refractivity contribution is 7.90. The zero-order valence-electron chi connectivity index (χ0n) is 15.8. The minimum atomic E-state index is -3.46. The second kappa shape index (κ2) is 8.87. The summed E-state index contributed by atoms with van der Waals surface area (Å²) >= 11 is 0. The van der Waals surface area contributed by atoms with Crippen molar-refractivity contribution in [2.75, 3.05) is 12.8 Å². The molecule has 0 amide bonds. The van der Waals surface area contributed by atoms with E-state index >= 15 is 0 Å². The number of rotatable bonds is 5. The molecule has 1 saturated heterocycles. The smallest absolute Gasteiger partial charge is 0.261 e. The van der Waals surface area contributed by atoms with Crippen LogP contribution in [0.15, 0.2) is 28.2 Å². The number of aliphatic hydroxyl groups excluding tert-OH is 2. The van der Waals surface area contributed by atoms with Crippen LogP contribution in [-0.2, 0) is 16.4 Å². The minimum Gasteiger partial charge on any atom is -0.392 e. The third-order valence-corrected chi connectivity index (χ3v) is 6.09. The van der Waals surface area contributed by atoms with Crippen molar-refractivity contribution in [3.63, 3.8) is 0 Å². The van der Waals surface area contributed by atoms with Gasteiger partial charge in [-0.1, -0.05) is 0 Å². The van der Waals surface area contributed by atoms with Crippen molar-refractivity contribution in [3.05, 3.63) is 34.4 Å². The van der Waals surface area contributed by atoms with Gasteiger partial charge in [0.2, 0.25) is 0 Å². The van der Waals surface area contributed by atoms with Crippen molar-refractivity contribution in [2.45, 2.75) is 55.9 Å². The predicted octanol–water partition coefficient (Wildman–Crippen LogP) is 0.394. The molecule has 3 N–H and O–H groups in total. The molecule has 0 unspecified atom stereocenters. The van der Waals surface area contributed by atoms with E-state index in [0.29, 0.717) is 23.9 Å². The van der Waals surface area contributed by atoms with Crippen LogP contribution in [0.5, 0.6) is 0 Å². The number of sulfone groups is 1. The maximum Gasteiger partial charge on any atom is 0.261 e. The fourth-order valence-electron chi connectivity index (χ4n) is 3.53. The summed E-state index contributed by atoms with van der Waals surface area (Å²) in [5.41, 5.74) is 0.652. The molecule has 156 valence electrons. The lowest BCUT2D eigenvalue weighted by molar-refractivity contribution is 0.0539. The summed E-state index contributed by atoms with van der Waals surface area (Å²) in [4.78, 5) is 17.1. The Hall–Kier alpha value is -1.52. The average molecular weight is 432 g/mol. The molecule has 0 spiro atoms. The predicted molar refractivity (Wildman–Crippen MR) is 109 cm³/mol. The van der Waals surface area contributed by atoms with Crippen molar-refractivity contribution in [2.24, 2.45) is 0 Å². The second-order valence-corrected chi connectivity index (χ2v) is 9.29. The van der Waals surface area contributed by atoms with Crippen molar-refractivity contribution in [3.8, 4) is 0 Å². The highest BCUT2D eigenvalue weighted by Gasteiger charge is 2.25. The highest BCUT2D eigenvalue weighted by Crippen LogP contribution is 2.19. The Morgan fingerprint density at radius 3 is 2.75 bits per heavy atom. The van der Waals surface area contributed by atoms with Crippen LogP contribution in [0.2, 0.25) is 0 Å². The van der Waals surface area contributed by atoms with Gasteiger partial charge in [-0.25, -0.2) is 13.4 Å². The second-order valence-electron chi connectivity index (χ2n) is 7.27. The SMILES string of the molecule is Cc1cc(S(C)(=O)=O)cc2c(=O)n(C[C@@H](O)C[C@H]3NCCC[C@@H]3O)cnc12.Cl. The maximum atomic E-state index is 12.8. The molecule has 28 heavy (non-hydrogen) atoms. The van der Waals surface area contributed by atoms with E-state index in [1.807, 2.05) is 0 Å². The quantitative estimate of drug-likeness (QED) is 0.626. The van der Waals surface area contributed by atoms with Crippen LogP contribution in [-0.4, -0.2) is 59.2 Å². The molecule has 2 heterocycles. The summed E-state index contributed by atoms with van der Waals surface area (Å²) in [6.07, 6.45) is 3.00. The zero-order chi connectivity index (χ0) is 19.8. The number of nitrogens with zero attached hydrogens (tertiary/aromatic N) is 2. The first kappa shape index (κ1) is 22.8. The molecule has 3 atom stereocenters. The van der Waals surface area contributed by atoms with Crippen LogP contribution in [0.3, 0.4) is 0 Å². The van der Waals surface area contributed by atoms with Crippen LogP contribution >= 0.6 is 12.4 Å². The van der Waals surface area contributed by atoms with Gasteiger partial charge in [-0.15, -0.1) is 12.4 Å². The monoisotopic (exact) mass is 431 g/mol. The number of benzene rings is 1. The Bertz CT molecular complexity index is 1010. The van der Waals surface area contributed by atoms with Gasteiger partial charge in [-0.2, -0.15) is 0 Å². The summed E-state index contributed by atoms with van der Waals surface area (Å²) in [7, 11) is -3.46. The first-order valence-electron chi connectivity index (χ1n) is 8.96. The Balaban J connectivity index is 0.00000280. The molecular weight excluding hydrogens is 406 g/mol. The summed E-state index contributed by atoms with van der Waals surface area (Å²) in [6.45, 7) is 2.52. The fraction of sp³-hybridized carbons (Fsp3) is 0.556.